The molecule has 0 aliphatic rings. The maximum atomic E-state index is 13.9. The van der Waals surface area contributed by atoms with Crippen molar-refractivity contribution in [3.8, 4) is 11.8 Å². The molecule has 3 aromatic rings. The summed E-state index contributed by atoms with van der Waals surface area (Å²) in [6.45, 7) is 0. The van der Waals surface area contributed by atoms with Gasteiger partial charge in [0, 0.05) is 23.1 Å². The molecular weight excluding hydrogens is 275 g/mol. The summed E-state index contributed by atoms with van der Waals surface area (Å²) >= 11 is 0. The molecule has 22 heavy (non-hydrogen) atoms. The monoisotopic (exact) mass is 288 g/mol. The Labute approximate surface area is 128 Å². The van der Waals surface area contributed by atoms with Crippen LogP contribution in [0, 0.1) is 17.1 Å². The van der Waals surface area contributed by atoms with Crippen LogP contribution in [0.25, 0.3) is 17.3 Å². The molecule has 0 N–H and O–H groups in total. The van der Waals surface area contributed by atoms with E-state index >= 15 is 0 Å². The first-order chi connectivity index (χ1) is 10.8. The van der Waals surface area contributed by atoms with Crippen molar-refractivity contribution in [3.63, 3.8) is 0 Å². The molecule has 3 heteroatoms. The number of hydrogen-bond donors (Lipinski definition) is 0. The first-order valence-corrected chi connectivity index (χ1v) is 6.89. The number of aromatic nitrogens is 1. The zero-order valence-electron chi connectivity index (χ0n) is 11.8. The predicted octanol–water partition coefficient (Wildman–Crippen LogP) is 4.68. The number of allylic oxidation sites excluding steroid dienone is 1. The van der Waals surface area contributed by atoms with Gasteiger partial charge >= 0.3 is 0 Å². The van der Waals surface area contributed by atoms with Gasteiger partial charge < -0.3 is 4.57 Å². The first kappa shape index (κ1) is 13.8. The zero-order valence-corrected chi connectivity index (χ0v) is 11.8. The van der Waals surface area contributed by atoms with Crippen molar-refractivity contribution < 1.29 is 4.39 Å². The predicted molar refractivity (Wildman–Crippen MR) is 85.7 cm³/mol. The summed E-state index contributed by atoms with van der Waals surface area (Å²) in [7, 11) is 0. The largest absolute Gasteiger partial charge is 0.317 e. The topological polar surface area (TPSA) is 28.7 Å². The molecule has 1 aromatic heterocycles. The fourth-order valence-electron chi connectivity index (χ4n) is 2.33. The fourth-order valence-corrected chi connectivity index (χ4v) is 2.33. The number of nitriles is 1. The maximum absolute atomic E-state index is 13.9. The Morgan fingerprint density at radius 2 is 1.68 bits per heavy atom. The zero-order chi connectivity index (χ0) is 15.4. The Bertz CT molecular complexity index is 854. The molecule has 0 atom stereocenters. The van der Waals surface area contributed by atoms with Crippen molar-refractivity contribution in [3.05, 3.63) is 90.0 Å². The van der Waals surface area contributed by atoms with E-state index in [0.29, 0.717) is 11.1 Å². The van der Waals surface area contributed by atoms with Gasteiger partial charge in [-0.3, -0.25) is 0 Å². The van der Waals surface area contributed by atoms with Crippen LogP contribution < -0.4 is 0 Å². The highest BCUT2D eigenvalue weighted by Crippen LogP contribution is 2.22. The van der Waals surface area contributed by atoms with Gasteiger partial charge in [-0.1, -0.05) is 36.4 Å². The molecule has 0 radical (unpaired) electrons. The normalized spacial score (nSPS) is 11.2. The molecule has 0 unspecified atom stereocenters. The first-order valence-electron chi connectivity index (χ1n) is 6.89. The molecule has 0 aliphatic carbocycles. The number of para-hydroxylation sites is 1. The molecule has 0 spiro atoms. The minimum Gasteiger partial charge on any atom is -0.317 e. The molecule has 2 nitrogen and oxygen atoms in total. The quantitative estimate of drug-likeness (QED) is 0.643. The number of nitrogens with zero attached hydrogens (tertiary/aromatic N) is 2. The summed E-state index contributed by atoms with van der Waals surface area (Å²) in [6.07, 6.45) is 3.61. The number of benzene rings is 2. The molecule has 0 amide bonds. The molecule has 0 saturated carbocycles. The minimum atomic E-state index is -0.395. The fraction of sp³-hybridized carbons (Fsp3) is 0. The highest BCUT2D eigenvalue weighted by molar-refractivity contribution is 5.89. The third-order valence-electron chi connectivity index (χ3n) is 3.39. The Kier molecular flexibility index (Phi) is 3.84. The third-order valence-corrected chi connectivity index (χ3v) is 3.39. The van der Waals surface area contributed by atoms with E-state index in [1.54, 1.807) is 24.3 Å². The van der Waals surface area contributed by atoms with Crippen molar-refractivity contribution in [2.75, 3.05) is 0 Å². The van der Waals surface area contributed by atoms with E-state index in [0.717, 1.165) is 11.4 Å². The van der Waals surface area contributed by atoms with Crippen molar-refractivity contribution in [2.45, 2.75) is 0 Å². The molecule has 0 saturated heterocycles. The van der Waals surface area contributed by atoms with Gasteiger partial charge in [-0.15, -0.1) is 0 Å². The van der Waals surface area contributed by atoms with Crippen LogP contribution in [0.1, 0.15) is 11.3 Å². The van der Waals surface area contributed by atoms with Gasteiger partial charge in [-0.2, -0.15) is 5.26 Å². The van der Waals surface area contributed by atoms with Gasteiger partial charge in [0.2, 0.25) is 0 Å². The van der Waals surface area contributed by atoms with Crippen LogP contribution >= 0.6 is 0 Å². The van der Waals surface area contributed by atoms with Gasteiger partial charge in [0.1, 0.15) is 5.82 Å². The summed E-state index contributed by atoms with van der Waals surface area (Å²) in [5, 5.41) is 9.37. The van der Waals surface area contributed by atoms with E-state index in [4.69, 9.17) is 0 Å². The van der Waals surface area contributed by atoms with E-state index in [1.807, 2.05) is 53.2 Å². The minimum absolute atomic E-state index is 0.300. The Morgan fingerprint density at radius 3 is 2.41 bits per heavy atom. The summed E-state index contributed by atoms with van der Waals surface area (Å²) in [5.74, 6) is -0.395. The van der Waals surface area contributed by atoms with Crippen LogP contribution in [0.15, 0.2) is 72.9 Å². The number of halogens is 1. The van der Waals surface area contributed by atoms with Crippen molar-refractivity contribution in [1.82, 2.24) is 4.57 Å². The van der Waals surface area contributed by atoms with E-state index in [1.165, 1.54) is 6.07 Å². The summed E-state index contributed by atoms with van der Waals surface area (Å²) < 4.78 is 15.8. The molecule has 2 aromatic carbocycles. The van der Waals surface area contributed by atoms with Crippen molar-refractivity contribution >= 4 is 11.6 Å². The van der Waals surface area contributed by atoms with E-state index in [-0.39, 0.29) is 0 Å². The van der Waals surface area contributed by atoms with Gasteiger partial charge in [0.05, 0.1) is 11.6 Å². The van der Waals surface area contributed by atoms with Crippen LogP contribution in [0.3, 0.4) is 0 Å². The van der Waals surface area contributed by atoms with Crippen molar-refractivity contribution in [1.29, 1.82) is 5.26 Å². The molecular formula is C19H13FN2. The second kappa shape index (κ2) is 6.11. The average molecular weight is 288 g/mol. The second-order valence-corrected chi connectivity index (χ2v) is 4.79. The van der Waals surface area contributed by atoms with Gasteiger partial charge in [-0.05, 0) is 36.4 Å². The molecule has 0 bridgehead atoms. The highest BCUT2D eigenvalue weighted by Gasteiger charge is 2.08. The molecule has 1 heterocycles. The lowest BCUT2D eigenvalue weighted by Gasteiger charge is -2.07. The highest BCUT2D eigenvalue weighted by atomic mass is 19.1. The van der Waals surface area contributed by atoms with Gasteiger partial charge in [-0.25, -0.2) is 4.39 Å². The third kappa shape index (κ3) is 2.68. The SMILES string of the molecule is N#C/C(=C/c1cccn1-c1ccccc1)c1ccccc1F. The lowest BCUT2D eigenvalue weighted by Crippen LogP contribution is -1.95. The summed E-state index contributed by atoms with van der Waals surface area (Å²) in [6, 6.07) is 22.0. The smallest absolute Gasteiger partial charge is 0.131 e. The van der Waals surface area contributed by atoms with E-state index in [2.05, 4.69) is 6.07 Å². The standard InChI is InChI=1S/C19H13FN2/c20-19-11-5-4-10-18(19)15(14-21)13-17-9-6-12-22(17)16-7-2-1-3-8-16/h1-13H/b15-13-. The van der Waals surface area contributed by atoms with Crippen LogP contribution in [0.4, 0.5) is 4.39 Å². The Morgan fingerprint density at radius 1 is 0.955 bits per heavy atom. The van der Waals surface area contributed by atoms with Gasteiger partial charge in [0.15, 0.2) is 0 Å². The molecule has 106 valence electrons. The Balaban J connectivity index is 2.08. The summed E-state index contributed by atoms with van der Waals surface area (Å²) in [4.78, 5) is 0. The average Bonchev–Trinajstić information content (AvgIpc) is 3.02. The van der Waals surface area contributed by atoms with Gasteiger partial charge in [0.25, 0.3) is 0 Å². The number of hydrogen-bond acceptors (Lipinski definition) is 1. The maximum Gasteiger partial charge on any atom is 0.131 e. The Hall–Kier alpha value is -3.12. The van der Waals surface area contributed by atoms with Crippen molar-refractivity contribution in [2.24, 2.45) is 0 Å². The lowest BCUT2D eigenvalue weighted by atomic mass is 10.1. The van der Waals surface area contributed by atoms with E-state index < -0.39 is 5.82 Å². The van der Waals surface area contributed by atoms with Crippen LogP contribution in [-0.4, -0.2) is 4.57 Å². The number of rotatable bonds is 3. The molecule has 0 fully saturated rings. The summed E-state index contributed by atoms with van der Waals surface area (Å²) in [5.41, 5.74) is 2.43. The molecule has 3 rings (SSSR count). The lowest BCUT2D eigenvalue weighted by molar-refractivity contribution is 0.624. The van der Waals surface area contributed by atoms with E-state index in [9.17, 15) is 9.65 Å². The van der Waals surface area contributed by atoms with Crippen LogP contribution in [0.2, 0.25) is 0 Å². The van der Waals surface area contributed by atoms with Crippen LogP contribution in [-0.2, 0) is 0 Å². The molecule has 0 aliphatic heterocycles. The second-order valence-electron chi connectivity index (χ2n) is 4.79. The van der Waals surface area contributed by atoms with Crippen LogP contribution in [0.5, 0.6) is 0 Å².